The van der Waals surface area contributed by atoms with Crippen LogP contribution in [0.2, 0.25) is 0 Å². The van der Waals surface area contributed by atoms with Gasteiger partial charge in [0.25, 0.3) is 0 Å². The second-order valence-corrected chi connectivity index (χ2v) is 7.03. The van der Waals surface area contributed by atoms with Crippen molar-refractivity contribution in [2.45, 2.75) is 44.1 Å². The Kier molecular flexibility index (Phi) is 5.37. The van der Waals surface area contributed by atoms with E-state index >= 15 is 0 Å². The van der Waals surface area contributed by atoms with Gasteiger partial charge in [0.05, 0.1) is 7.11 Å². The predicted octanol–water partition coefficient (Wildman–Crippen LogP) is 3.26. The molecule has 1 saturated carbocycles. The molecule has 2 fully saturated rings. The van der Waals surface area contributed by atoms with Gasteiger partial charge < -0.3 is 15.0 Å². The molecule has 3 rings (SSSR count). The van der Waals surface area contributed by atoms with Crippen molar-refractivity contribution in [3.63, 3.8) is 0 Å². The number of ether oxygens (including phenoxy) is 1. The van der Waals surface area contributed by atoms with Crippen molar-refractivity contribution in [1.82, 2.24) is 10.2 Å². The molecule has 0 bridgehead atoms. The molecule has 3 nitrogen and oxygen atoms in total. The van der Waals surface area contributed by atoms with E-state index in [2.05, 4.69) is 35.5 Å². The molecule has 0 aromatic heterocycles. The Hall–Kier alpha value is -1.06. The molecular weight excluding hydrogens is 272 g/mol. The quantitative estimate of drug-likeness (QED) is 0.903. The highest BCUT2D eigenvalue weighted by atomic mass is 16.5. The summed E-state index contributed by atoms with van der Waals surface area (Å²) in [6.45, 7) is 3.44. The zero-order chi connectivity index (χ0) is 15.4. The lowest BCUT2D eigenvalue weighted by Gasteiger charge is -2.34. The van der Waals surface area contributed by atoms with Crippen LogP contribution in [0.3, 0.4) is 0 Å². The number of hydrogen-bond donors (Lipinski definition) is 1. The van der Waals surface area contributed by atoms with E-state index in [1.54, 1.807) is 7.11 Å². The lowest BCUT2D eigenvalue weighted by molar-refractivity contribution is 0.166. The first-order valence-electron chi connectivity index (χ1n) is 8.83. The summed E-state index contributed by atoms with van der Waals surface area (Å²) in [6, 6.07) is 9.43. The van der Waals surface area contributed by atoms with Crippen molar-refractivity contribution >= 4 is 0 Å². The Morgan fingerprint density at radius 3 is 2.77 bits per heavy atom. The Balaban J connectivity index is 1.64. The molecule has 0 spiro atoms. The summed E-state index contributed by atoms with van der Waals surface area (Å²) in [6.07, 6.45) is 7.04. The van der Waals surface area contributed by atoms with Gasteiger partial charge in [0.15, 0.2) is 0 Å². The van der Waals surface area contributed by atoms with Crippen LogP contribution in [0, 0.1) is 5.92 Å². The maximum Gasteiger partial charge on any atom is 0.119 e. The molecule has 22 heavy (non-hydrogen) atoms. The number of nitrogens with zero attached hydrogens (tertiary/aromatic N) is 1. The smallest absolute Gasteiger partial charge is 0.119 e. The first-order chi connectivity index (χ1) is 10.8. The minimum Gasteiger partial charge on any atom is -0.497 e. The fourth-order valence-corrected chi connectivity index (χ4v) is 4.23. The third-order valence-corrected chi connectivity index (χ3v) is 5.58. The average molecular weight is 302 g/mol. The van der Waals surface area contributed by atoms with Crippen LogP contribution in [0.4, 0.5) is 0 Å². The molecule has 1 N–H and O–H groups in total. The van der Waals surface area contributed by atoms with Gasteiger partial charge in [0.2, 0.25) is 0 Å². The van der Waals surface area contributed by atoms with Crippen LogP contribution in [-0.2, 0) is 0 Å². The summed E-state index contributed by atoms with van der Waals surface area (Å²) in [5.41, 5.74) is 1.42. The van der Waals surface area contributed by atoms with Crippen LogP contribution in [0.25, 0.3) is 0 Å². The van der Waals surface area contributed by atoms with Gasteiger partial charge in [-0.2, -0.15) is 0 Å². The SMILES string of the molecule is COc1cccc(C2CNCC2CN(C)C2CCCCC2)c1. The van der Waals surface area contributed by atoms with E-state index in [0.717, 1.165) is 24.9 Å². The molecule has 0 amide bonds. The second kappa shape index (κ2) is 7.47. The van der Waals surface area contributed by atoms with Gasteiger partial charge in [-0.3, -0.25) is 0 Å². The van der Waals surface area contributed by atoms with Crippen LogP contribution in [-0.4, -0.2) is 44.7 Å². The summed E-state index contributed by atoms with van der Waals surface area (Å²) in [7, 11) is 4.08. The molecule has 1 heterocycles. The number of benzene rings is 1. The van der Waals surface area contributed by atoms with Crippen LogP contribution < -0.4 is 10.1 Å². The number of nitrogens with one attached hydrogen (secondary N) is 1. The van der Waals surface area contributed by atoms with E-state index in [1.165, 1.54) is 44.2 Å². The zero-order valence-electron chi connectivity index (χ0n) is 14.1. The summed E-state index contributed by atoms with van der Waals surface area (Å²) in [5, 5.41) is 3.60. The molecule has 0 radical (unpaired) electrons. The minimum absolute atomic E-state index is 0.612. The molecule has 1 saturated heterocycles. The van der Waals surface area contributed by atoms with Crippen LogP contribution in [0.1, 0.15) is 43.6 Å². The summed E-state index contributed by atoms with van der Waals surface area (Å²) in [5.74, 6) is 2.30. The van der Waals surface area contributed by atoms with Gasteiger partial charge in [-0.1, -0.05) is 31.4 Å². The standard InChI is InChI=1S/C19H30N2O/c1-21(17-8-4-3-5-9-17)14-16-12-20-13-19(16)15-7-6-10-18(11-15)22-2/h6-7,10-11,16-17,19-20H,3-5,8-9,12-14H2,1-2H3. The van der Waals surface area contributed by atoms with Crippen LogP contribution in [0.15, 0.2) is 24.3 Å². The molecule has 1 aliphatic heterocycles. The fraction of sp³-hybridized carbons (Fsp3) is 0.684. The highest BCUT2D eigenvalue weighted by molar-refractivity contribution is 5.32. The van der Waals surface area contributed by atoms with Crippen molar-refractivity contribution in [2.75, 3.05) is 33.8 Å². The Labute approximate surface area is 135 Å². The molecule has 2 unspecified atom stereocenters. The van der Waals surface area contributed by atoms with E-state index in [0.29, 0.717) is 11.8 Å². The number of hydrogen-bond acceptors (Lipinski definition) is 3. The van der Waals surface area contributed by atoms with Gasteiger partial charge in [-0.15, -0.1) is 0 Å². The molecular formula is C19H30N2O. The molecule has 2 atom stereocenters. The number of methoxy groups -OCH3 is 1. The van der Waals surface area contributed by atoms with E-state index in [1.807, 2.05) is 6.07 Å². The van der Waals surface area contributed by atoms with Gasteiger partial charge in [-0.05, 0) is 50.0 Å². The maximum absolute atomic E-state index is 5.40. The largest absolute Gasteiger partial charge is 0.497 e. The third-order valence-electron chi connectivity index (χ3n) is 5.58. The number of rotatable bonds is 5. The Bertz CT molecular complexity index is 470. The molecule has 1 aromatic carbocycles. The molecule has 1 aromatic rings. The Morgan fingerprint density at radius 1 is 1.18 bits per heavy atom. The van der Waals surface area contributed by atoms with Crippen LogP contribution in [0.5, 0.6) is 5.75 Å². The van der Waals surface area contributed by atoms with Crippen molar-refractivity contribution < 1.29 is 4.74 Å². The normalized spacial score (nSPS) is 26.5. The van der Waals surface area contributed by atoms with Gasteiger partial charge >= 0.3 is 0 Å². The van der Waals surface area contributed by atoms with E-state index in [9.17, 15) is 0 Å². The predicted molar refractivity (Wildman–Crippen MR) is 91.6 cm³/mol. The van der Waals surface area contributed by atoms with Crippen LogP contribution >= 0.6 is 0 Å². The van der Waals surface area contributed by atoms with E-state index < -0.39 is 0 Å². The van der Waals surface area contributed by atoms with Crippen molar-refractivity contribution in [3.05, 3.63) is 29.8 Å². The second-order valence-electron chi connectivity index (χ2n) is 7.03. The third kappa shape index (κ3) is 3.64. The van der Waals surface area contributed by atoms with Crippen molar-refractivity contribution in [2.24, 2.45) is 5.92 Å². The highest BCUT2D eigenvalue weighted by Crippen LogP contribution is 2.32. The lowest BCUT2D eigenvalue weighted by atomic mass is 9.87. The average Bonchev–Trinajstić information content (AvgIpc) is 3.04. The van der Waals surface area contributed by atoms with E-state index in [4.69, 9.17) is 4.74 Å². The zero-order valence-corrected chi connectivity index (χ0v) is 14.1. The van der Waals surface area contributed by atoms with Gasteiger partial charge in [0.1, 0.15) is 5.75 Å². The van der Waals surface area contributed by atoms with Crippen molar-refractivity contribution in [3.8, 4) is 5.75 Å². The maximum atomic E-state index is 5.40. The highest BCUT2D eigenvalue weighted by Gasteiger charge is 2.31. The summed E-state index contributed by atoms with van der Waals surface area (Å²) < 4.78 is 5.40. The molecule has 2 aliphatic rings. The fourth-order valence-electron chi connectivity index (χ4n) is 4.23. The first kappa shape index (κ1) is 15.8. The first-order valence-corrected chi connectivity index (χ1v) is 8.83. The topological polar surface area (TPSA) is 24.5 Å². The monoisotopic (exact) mass is 302 g/mol. The summed E-state index contributed by atoms with van der Waals surface area (Å²) in [4.78, 5) is 2.63. The lowest BCUT2D eigenvalue weighted by Crippen LogP contribution is -2.38. The molecule has 1 aliphatic carbocycles. The van der Waals surface area contributed by atoms with Gasteiger partial charge in [0, 0.05) is 25.0 Å². The Morgan fingerprint density at radius 2 is 2.00 bits per heavy atom. The molecule has 122 valence electrons. The van der Waals surface area contributed by atoms with E-state index in [-0.39, 0.29) is 0 Å². The van der Waals surface area contributed by atoms with Gasteiger partial charge in [-0.25, -0.2) is 0 Å². The van der Waals surface area contributed by atoms with Crippen molar-refractivity contribution in [1.29, 1.82) is 0 Å². The molecule has 3 heteroatoms. The minimum atomic E-state index is 0.612. The summed E-state index contributed by atoms with van der Waals surface area (Å²) >= 11 is 0.